The SMILES string of the molecule is O=C(CCc1ccccc1)NCc1nnc(-c2ccncc2)o1. The lowest BCUT2D eigenvalue weighted by Crippen LogP contribution is -2.23. The maximum Gasteiger partial charge on any atom is 0.247 e. The number of amides is 1. The Morgan fingerprint density at radius 1 is 1.04 bits per heavy atom. The molecule has 1 amide bonds. The lowest BCUT2D eigenvalue weighted by Gasteiger charge is -2.02. The Morgan fingerprint density at radius 2 is 1.83 bits per heavy atom. The number of hydrogen-bond donors (Lipinski definition) is 1. The number of aryl methyl sites for hydroxylation is 1. The Morgan fingerprint density at radius 3 is 2.61 bits per heavy atom. The molecule has 3 aromatic rings. The molecule has 2 heterocycles. The summed E-state index contributed by atoms with van der Waals surface area (Å²) in [6.07, 6.45) is 4.45. The fourth-order valence-electron chi connectivity index (χ4n) is 2.10. The molecule has 3 rings (SSSR count). The summed E-state index contributed by atoms with van der Waals surface area (Å²) in [5.41, 5.74) is 1.94. The number of rotatable bonds is 6. The van der Waals surface area contributed by atoms with Gasteiger partial charge < -0.3 is 9.73 Å². The van der Waals surface area contributed by atoms with Crippen LogP contribution in [0.15, 0.2) is 59.3 Å². The van der Waals surface area contributed by atoms with E-state index in [0.717, 1.165) is 11.1 Å². The zero-order valence-electron chi connectivity index (χ0n) is 12.5. The molecule has 1 N–H and O–H groups in total. The van der Waals surface area contributed by atoms with Crippen LogP contribution in [0.1, 0.15) is 17.9 Å². The molecule has 6 heteroatoms. The number of nitrogens with zero attached hydrogens (tertiary/aromatic N) is 3. The number of carbonyl (C=O) groups is 1. The van der Waals surface area contributed by atoms with Crippen molar-refractivity contribution in [3.05, 3.63) is 66.3 Å². The standard InChI is InChI=1S/C17H16N4O2/c22-15(7-6-13-4-2-1-3-5-13)19-12-16-20-21-17(23-16)14-8-10-18-11-9-14/h1-5,8-11H,6-7,12H2,(H,19,22). The first-order chi connectivity index (χ1) is 11.3. The smallest absolute Gasteiger partial charge is 0.247 e. The van der Waals surface area contributed by atoms with Crippen LogP contribution in [-0.2, 0) is 17.8 Å². The highest BCUT2D eigenvalue weighted by Crippen LogP contribution is 2.15. The normalized spacial score (nSPS) is 10.4. The highest BCUT2D eigenvalue weighted by molar-refractivity contribution is 5.76. The van der Waals surface area contributed by atoms with Crippen LogP contribution in [0.25, 0.3) is 11.5 Å². The maximum absolute atomic E-state index is 11.9. The van der Waals surface area contributed by atoms with Crippen molar-refractivity contribution in [3.8, 4) is 11.5 Å². The van der Waals surface area contributed by atoms with Crippen LogP contribution < -0.4 is 5.32 Å². The molecule has 116 valence electrons. The fourth-order valence-corrected chi connectivity index (χ4v) is 2.10. The molecule has 0 atom stereocenters. The van der Waals surface area contributed by atoms with Gasteiger partial charge in [0, 0.05) is 24.4 Å². The zero-order valence-corrected chi connectivity index (χ0v) is 12.5. The van der Waals surface area contributed by atoms with E-state index in [2.05, 4.69) is 20.5 Å². The molecule has 0 aliphatic carbocycles. The average Bonchev–Trinajstić information content (AvgIpc) is 3.09. The highest BCUT2D eigenvalue weighted by atomic mass is 16.4. The fraction of sp³-hybridized carbons (Fsp3) is 0.176. The highest BCUT2D eigenvalue weighted by Gasteiger charge is 2.09. The van der Waals surface area contributed by atoms with E-state index in [1.54, 1.807) is 24.5 Å². The van der Waals surface area contributed by atoms with Crippen LogP contribution in [0.4, 0.5) is 0 Å². The molecule has 0 radical (unpaired) electrons. The summed E-state index contributed by atoms with van der Waals surface area (Å²) in [5, 5.41) is 10.7. The van der Waals surface area contributed by atoms with Gasteiger partial charge in [-0.3, -0.25) is 9.78 Å². The second kappa shape index (κ2) is 7.31. The van der Waals surface area contributed by atoms with Gasteiger partial charge in [-0.1, -0.05) is 30.3 Å². The minimum atomic E-state index is -0.0440. The Labute approximate surface area is 133 Å². The third-order valence-corrected chi connectivity index (χ3v) is 3.31. The molecular formula is C17H16N4O2. The van der Waals surface area contributed by atoms with Crippen LogP contribution in [0.2, 0.25) is 0 Å². The first kappa shape index (κ1) is 14.9. The molecule has 0 aliphatic heterocycles. The van der Waals surface area contributed by atoms with E-state index in [-0.39, 0.29) is 12.5 Å². The molecule has 23 heavy (non-hydrogen) atoms. The molecule has 6 nitrogen and oxygen atoms in total. The lowest BCUT2D eigenvalue weighted by molar-refractivity contribution is -0.121. The maximum atomic E-state index is 11.9. The Kier molecular flexibility index (Phi) is 4.73. The van der Waals surface area contributed by atoms with Crippen molar-refractivity contribution in [2.24, 2.45) is 0 Å². The van der Waals surface area contributed by atoms with E-state index in [4.69, 9.17) is 4.42 Å². The van der Waals surface area contributed by atoms with Gasteiger partial charge in [-0.05, 0) is 24.1 Å². The molecule has 0 aliphatic rings. The van der Waals surface area contributed by atoms with Gasteiger partial charge in [0.1, 0.15) is 0 Å². The van der Waals surface area contributed by atoms with E-state index in [9.17, 15) is 4.79 Å². The Balaban J connectivity index is 1.49. The Bertz CT molecular complexity index is 757. The van der Waals surface area contributed by atoms with E-state index < -0.39 is 0 Å². The van der Waals surface area contributed by atoms with Crippen molar-refractivity contribution in [1.29, 1.82) is 0 Å². The topological polar surface area (TPSA) is 80.9 Å². The van der Waals surface area contributed by atoms with Crippen molar-refractivity contribution in [1.82, 2.24) is 20.5 Å². The number of carbonyl (C=O) groups excluding carboxylic acids is 1. The quantitative estimate of drug-likeness (QED) is 0.756. The van der Waals surface area contributed by atoms with Gasteiger partial charge in [0.2, 0.25) is 17.7 Å². The van der Waals surface area contributed by atoms with Gasteiger partial charge in [0.25, 0.3) is 0 Å². The molecule has 1 aromatic carbocycles. The minimum absolute atomic E-state index is 0.0440. The lowest BCUT2D eigenvalue weighted by atomic mass is 10.1. The number of hydrogen-bond acceptors (Lipinski definition) is 5. The van der Waals surface area contributed by atoms with Crippen molar-refractivity contribution in [2.75, 3.05) is 0 Å². The first-order valence-corrected chi connectivity index (χ1v) is 7.34. The number of aromatic nitrogens is 3. The monoisotopic (exact) mass is 308 g/mol. The van der Waals surface area contributed by atoms with Gasteiger partial charge in [-0.2, -0.15) is 0 Å². The zero-order chi connectivity index (χ0) is 15.9. The second-order valence-electron chi connectivity index (χ2n) is 5.00. The summed E-state index contributed by atoms with van der Waals surface area (Å²) in [7, 11) is 0. The van der Waals surface area contributed by atoms with Crippen LogP contribution in [0.3, 0.4) is 0 Å². The summed E-state index contributed by atoms with van der Waals surface area (Å²) < 4.78 is 5.52. The predicted octanol–water partition coefficient (Wildman–Crippen LogP) is 2.38. The minimum Gasteiger partial charge on any atom is -0.419 e. The summed E-state index contributed by atoms with van der Waals surface area (Å²) in [6.45, 7) is 0.228. The molecule has 0 spiro atoms. The predicted molar refractivity (Wildman–Crippen MR) is 84.1 cm³/mol. The van der Waals surface area contributed by atoms with Gasteiger partial charge >= 0.3 is 0 Å². The van der Waals surface area contributed by atoms with E-state index >= 15 is 0 Å². The van der Waals surface area contributed by atoms with Crippen LogP contribution >= 0.6 is 0 Å². The number of nitrogens with one attached hydrogen (secondary N) is 1. The second-order valence-corrected chi connectivity index (χ2v) is 5.00. The van der Waals surface area contributed by atoms with Gasteiger partial charge in [-0.25, -0.2) is 0 Å². The molecule has 0 saturated heterocycles. The van der Waals surface area contributed by atoms with E-state index in [0.29, 0.717) is 24.6 Å². The summed E-state index contributed by atoms with van der Waals surface area (Å²) in [6, 6.07) is 13.5. The summed E-state index contributed by atoms with van der Waals surface area (Å²) in [5.74, 6) is 0.753. The number of pyridine rings is 1. The van der Waals surface area contributed by atoms with Crippen LogP contribution in [-0.4, -0.2) is 21.1 Å². The van der Waals surface area contributed by atoms with Gasteiger partial charge in [-0.15, -0.1) is 10.2 Å². The third kappa shape index (κ3) is 4.23. The van der Waals surface area contributed by atoms with Gasteiger partial charge in [0.15, 0.2) is 0 Å². The van der Waals surface area contributed by atoms with Crippen molar-refractivity contribution < 1.29 is 9.21 Å². The summed E-state index contributed by atoms with van der Waals surface area (Å²) >= 11 is 0. The molecule has 0 saturated carbocycles. The van der Waals surface area contributed by atoms with Gasteiger partial charge in [0.05, 0.1) is 6.54 Å². The summed E-state index contributed by atoms with van der Waals surface area (Å²) in [4.78, 5) is 15.8. The van der Waals surface area contributed by atoms with Crippen molar-refractivity contribution >= 4 is 5.91 Å². The van der Waals surface area contributed by atoms with E-state index in [1.165, 1.54) is 0 Å². The third-order valence-electron chi connectivity index (χ3n) is 3.31. The van der Waals surface area contributed by atoms with E-state index in [1.807, 2.05) is 30.3 Å². The Hall–Kier alpha value is -3.02. The molecule has 2 aromatic heterocycles. The van der Waals surface area contributed by atoms with Crippen molar-refractivity contribution in [2.45, 2.75) is 19.4 Å². The molecule has 0 bridgehead atoms. The van der Waals surface area contributed by atoms with Crippen molar-refractivity contribution in [3.63, 3.8) is 0 Å². The van der Waals surface area contributed by atoms with Crippen LogP contribution in [0, 0.1) is 0 Å². The number of benzene rings is 1. The largest absolute Gasteiger partial charge is 0.419 e. The molecular weight excluding hydrogens is 292 g/mol. The molecule has 0 unspecified atom stereocenters. The molecule has 0 fully saturated rings. The van der Waals surface area contributed by atoms with Crippen LogP contribution in [0.5, 0.6) is 0 Å². The average molecular weight is 308 g/mol. The first-order valence-electron chi connectivity index (χ1n) is 7.34.